The number of rotatable bonds is 4. The summed E-state index contributed by atoms with van der Waals surface area (Å²) in [4.78, 5) is 11.8. The van der Waals surface area contributed by atoms with E-state index in [2.05, 4.69) is 13.8 Å². The third-order valence-electron chi connectivity index (χ3n) is 12.4. The average molecular weight is 551 g/mol. The third kappa shape index (κ3) is 4.02. The van der Waals surface area contributed by atoms with Crippen LogP contribution in [0.1, 0.15) is 72.1 Å². The zero-order chi connectivity index (χ0) is 27.9. The summed E-state index contributed by atoms with van der Waals surface area (Å²) in [7, 11) is 1.45. The molecule has 2 aliphatic heterocycles. The molecule has 2 heterocycles. The largest absolute Gasteiger partial charge is 0.458 e. The SMILES string of the molecule is CO[C@H]1[C@@H](O)[C@H](O[C@@H]2C[C@@H]3CC[C@H]4[C@@H](CC[C@]5(C)[C@H](C6=CC(=O)OC6)CC[C@]45O)[C@@]3(C)[C@@H](O)C2)O[C@@H](C)[C@H]1O. The van der Waals surface area contributed by atoms with Gasteiger partial charge in [-0.15, -0.1) is 0 Å². The van der Waals surface area contributed by atoms with E-state index in [1.165, 1.54) is 7.11 Å². The molecule has 9 heteroatoms. The monoisotopic (exact) mass is 550 g/mol. The number of cyclic esters (lactones) is 1. The number of aliphatic hydroxyl groups is 4. The molecule has 4 aliphatic carbocycles. The molecule has 14 atom stereocenters. The fourth-order valence-electron chi connectivity index (χ4n) is 10.1. The van der Waals surface area contributed by atoms with E-state index in [1.54, 1.807) is 13.0 Å². The number of carbonyl (C=O) groups is 1. The molecule has 9 nitrogen and oxygen atoms in total. The van der Waals surface area contributed by atoms with Crippen LogP contribution in [0.2, 0.25) is 0 Å². The van der Waals surface area contributed by atoms with Gasteiger partial charge in [0.05, 0.1) is 23.9 Å². The first kappa shape index (κ1) is 28.1. The van der Waals surface area contributed by atoms with Crippen molar-refractivity contribution in [3.63, 3.8) is 0 Å². The van der Waals surface area contributed by atoms with E-state index in [1.807, 2.05) is 0 Å². The van der Waals surface area contributed by atoms with Crippen LogP contribution in [0.4, 0.5) is 0 Å². The van der Waals surface area contributed by atoms with Crippen molar-refractivity contribution in [3.05, 3.63) is 11.6 Å². The first-order valence-electron chi connectivity index (χ1n) is 14.9. The number of aliphatic hydroxyl groups excluding tert-OH is 3. The van der Waals surface area contributed by atoms with Crippen molar-refractivity contribution < 1.29 is 44.2 Å². The highest BCUT2D eigenvalue weighted by Gasteiger charge is 2.69. The standard InChI is InChI=1S/C30H46O9/c1-15-24(33)26(36-4)25(34)27(38-15)39-18-12-17-5-6-21-20(29(17,3)22(31)13-18)7-9-28(2)19(8-10-30(21,28)35)16-11-23(32)37-14-16/h11,15,17-22,24-27,31,33-35H,5-10,12-14H2,1-4H3/t15-,17-,18+,19-,20+,21-,22-,24+,25+,26+,27-,28+,29-,30-/m0/s1. The zero-order valence-electron chi connectivity index (χ0n) is 23.6. The number of hydrogen-bond acceptors (Lipinski definition) is 9. The van der Waals surface area contributed by atoms with Crippen molar-refractivity contribution in [2.24, 2.45) is 34.5 Å². The van der Waals surface area contributed by atoms with E-state index < -0.39 is 42.4 Å². The van der Waals surface area contributed by atoms with Gasteiger partial charge in [0.1, 0.15) is 24.9 Å². The van der Waals surface area contributed by atoms with Gasteiger partial charge in [-0.1, -0.05) is 13.8 Å². The molecule has 220 valence electrons. The summed E-state index contributed by atoms with van der Waals surface area (Å²) in [5.41, 5.74) is -0.455. The molecule has 0 unspecified atom stereocenters. The van der Waals surface area contributed by atoms with Crippen molar-refractivity contribution in [3.8, 4) is 0 Å². The lowest BCUT2D eigenvalue weighted by Crippen LogP contribution is -2.65. The Kier molecular flexibility index (Phi) is 7.02. The quantitative estimate of drug-likeness (QED) is 0.307. The molecule has 0 aromatic rings. The second kappa shape index (κ2) is 9.75. The second-order valence-electron chi connectivity index (χ2n) is 13.8. The molecule has 0 aromatic heterocycles. The van der Waals surface area contributed by atoms with Crippen LogP contribution in [0.5, 0.6) is 0 Å². The third-order valence-corrected chi connectivity index (χ3v) is 12.4. The fraction of sp³-hybridized carbons (Fsp3) is 0.900. The Morgan fingerprint density at radius 1 is 1.00 bits per heavy atom. The molecule has 0 bridgehead atoms. The smallest absolute Gasteiger partial charge is 0.331 e. The predicted molar refractivity (Wildman–Crippen MR) is 139 cm³/mol. The summed E-state index contributed by atoms with van der Waals surface area (Å²) < 4.78 is 22.6. The molecule has 39 heavy (non-hydrogen) atoms. The molecule has 0 radical (unpaired) electrons. The Morgan fingerprint density at radius 3 is 2.46 bits per heavy atom. The highest BCUT2D eigenvalue weighted by atomic mass is 16.7. The predicted octanol–water partition coefficient (Wildman–Crippen LogP) is 2.08. The van der Waals surface area contributed by atoms with Gasteiger partial charge in [-0.3, -0.25) is 0 Å². The molecule has 4 N–H and O–H groups in total. The van der Waals surface area contributed by atoms with E-state index in [0.29, 0.717) is 19.4 Å². The summed E-state index contributed by atoms with van der Waals surface area (Å²) in [6.07, 6.45) is 2.74. The Hall–Kier alpha value is -1.07. The molecule has 1 saturated heterocycles. The maximum absolute atomic E-state index is 12.4. The lowest BCUT2D eigenvalue weighted by Gasteiger charge is -2.64. The number of fused-ring (bicyclic) bond motifs is 5. The Bertz CT molecular complexity index is 1000. The lowest BCUT2D eigenvalue weighted by molar-refractivity contribution is -0.317. The molecule has 0 amide bonds. The van der Waals surface area contributed by atoms with Crippen LogP contribution >= 0.6 is 0 Å². The van der Waals surface area contributed by atoms with Gasteiger partial charge in [0, 0.05) is 25.0 Å². The topological polar surface area (TPSA) is 135 Å². The molecule has 5 fully saturated rings. The molecule has 0 spiro atoms. The zero-order valence-corrected chi connectivity index (χ0v) is 23.6. The summed E-state index contributed by atoms with van der Waals surface area (Å²) in [5.74, 6) is 0.393. The van der Waals surface area contributed by atoms with E-state index in [4.69, 9.17) is 18.9 Å². The minimum atomic E-state index is -1.13. The normalized spacial score (nSPS) is 55.3. The Morgan fingerprint density at radius 2 is 1.77 bits per heavy atom. The van der Waals surface area contributed by atoms with Crippen LogP contribution in [0.15, 0.2) is 11.6 Å². The van der Waals surface area contributed by atoms with Crippen molar-refractivity contribution >= 4 is 5.97 Å². The maximum atomic E-state index is 12.4. The Balaban J connectivity index is 1.19. The molecular formula is C30H46O9. The first-order valence-corrected chi connectivity index (χ1v) is 14.9. The van der Waals surface area contributed by atoms with Crippen molar-refractivity contribution in [1.29, 1.82) is 0 Å². The highest BCUT2D eigenvalue weighted by molar-refractivity contribution is 5.85. The summed E-state index contributed by atoms with van der Waals surface area (Å²) in [5, 5.41) is 45.2. The number of hydrogen-bond donors (Lipinski definition) is 4. The van der Waals surface area contributed by atoms with Gasteiger partial charge in [-0.05, 0) is 86.5 Å². The summed E-state index contributed by atoms with van der Waals surface area (Å²) in [6.45, 7) is 6.49. The summed E-state index contributed by atoms with van der Waals surface area (Å²) in [6, 6.07) is 0. The van der Waals surface area contributed by atoms with Crippen molar-refractivity contribution in [2.45, 2.75) is 121 Å². The number of methoxy groups -OCH3 is 1. The maximum Gasteiger partial charge on any atom is 0.331 e. The van der Waals surface area contributed by atoms with Gasteiger partial charge in [0.25, 0.3) is 0 Å². The van der Waals surface area contributed by atoms with Gasteiger partial charge in [0.2, 0.25) is 0 Å². The van der Waals surface area contributed by atoms with Crippen LogP contribution < -0.4 is 0 Å². The van der Waals surface area contributed by atoms with Crippen molar-refractivity contribution in [2.75, 3.05) is 13.7 Å². The van der Waals surface area contributed by atoms with E-state index >= 15 is 0 Å². The van der Waals surface area contributed by atoms with E-state index in [0.717, 1.165) is 44.1 Å². The van der Waals surface area contributed by atoms with E-state index in [-0.39, 0.29) is 46.6 Å². The van der Waals surface area contributed by atoms with Gasteiger partial charge < -0.3 is 39.4 Å². The van der Waals surface area contributed by atoms with Crippen LogP contribution in [0.3, 0.4) is 0 Å². The van der Waals surface area contributed by atoms with Gasteiger partial charge in [-0.25, -0.2) is 4.79 Å². The second-order valence-corrected chi connectivity index (χ2v) is 13.8. The lowest BCUT2D eigenvalue weighted by atomic mass is 9.42. The number of ether oxygens (including phenoxy) is 4. The van der Waals surface area contributed by atoms with E-state index in [9.17, 15) is 25.2 Å². The van der Waals surface area contributed by atoms with Crippen LogP contribution in [-0.4, -0.2) is 88.6 Å². The highest BCUT2D eigenvalue weighted by Crippen LogP contribution is 2.70. The summed E-state index contributed by atoms with van der Waals surface area (Å²) >= 11 is 0. The minimum Gasteiger partial charge on any atom is -0.458 e. The van der Waals surface area contributed by atoms with Crippen LogP contribution in [0, 0.1) is 34.5 Å². The van der Waals surface area contributed by atoms with Crippen LogP contribution in [0.25, 0.3) is 0 Å². The average Bonchev–Trinajstić information content (AvgIpc) is 3.43. The molecule has 4 saturated carbocycles. The number of esters is 1. The Labute approximate surface area is 230 Å². The van der Waals surface area contributed by atoms with Crippen molar-refractivity contribution in [1.82, 2.24) is 0 Å². The molecule has 6 aliphatic rings. The first-order chi connectivity index (χ1) is 18.4. The van der Waals surface area contributed by atoms with Crippen LogP contribution in [-0.2, 0) is 23.7 Å². The van der Waals surface area contributed by atoms with Gasteiger partial charge >= 0.3 is 5.97 Å². The minimum absolute atomic E-state index is 0.0986. The van der Waals surface area contributed by atoms with Gasteiger partial charge in [-0.2, -0.15) is 0 Å². The number of carbonyl (C=O) groups excluding carboxylic acids is 1. The fourth-order valence-corrected chi connectivity index (χ4v) is 10.1. The molecule has 6 rings (SSSR count). The molecule has 0 aromatic carbocycles. The van der Waals surface area contributed by atoms with Gasteiger partial charge in [0.15, 0.2) is 6.29 Å². The molecular weight excluding hydrogens is 504 g/mol.